The van der Waals surface area contributed by atoms with E-state index in [1.165, 1.54) is 29.4 Å². The summed E-state index contributed by atoms with van der Waals surface area (Å²) in [6.45, 7) is 0. The predicted molar refractivity (Wildman–Crippen MR) is 62.1 cm³/mol. The molecular formula is C10H7F3N2S2. The fourth-order valence-corrected chi connectivity index (χ4v) is 2.27. The summed E-state index contributed by atoms with van der Waals surface area (Å²) < 4.78 is 42.3. The number of hydrogen-bond acceptors (Lipinski definition) is 4. The molecule has 2 rings (SSSR count). The van der Waals surface area contributed by atoms with Crippen LogP contribution in [0.15, 0.2) is 28.6 Å². The summed E-state index contributed by atoms with van der Waals surface area (Å²) in [4.78, 5) is 4.13. The first kappa shape index (κ1) is 12.4. The Balaban J connectivity index is 2.39. The second-order valence-electron chi connectivity index (χ2n) is 3.17. The summed E-state index contributed by atoms with van der Waals surface area (Å²) in [6.07, 6.45) is -2.50. The molecule has 0 radical (unpaired) electrons. The highest BCUT2D eigenvalue weighted by Gasteiger charge is 2.30. The molecule has 1 aromatic heterocycles. The Bertz CT molecular complexity index is 522. The Hall–Kier alpha value is -1.08. The summed E-state index contributed by atoms with van der Waals surface area (Å²) in [5.41, 5.74) is -0.299. The highest BCUT2D eigenvalue weighted by Crippen LogP contribution is 2.32. The lowest BCUT2D eigenvalue weighted by molar-refractivity contribution is -0.137. The van der Waals surface area contributed by atoms with Gasteiger partial charge in [-0.25, -0.2) is 4.98 Å². The van der Waals surface area contributed by atoms with Gasteiger partial charge in [-0.05, 0) is 29.9 Å². The van der Waals surface area contributed by atoms with E-state index in [1.54, 1.807) is 6.07 Å². The van der Waals surface area contributed by atoms with Gasteiger partial charge in [-0.3, -0.25) is 0 Å². The number of alkyl halides is 3. The molecule has 0 saturated carbocycles. The first-order valence-corrected chi connectivity index (χ1v) is 6.56. The molecule has 0 N–H and O–H groups in total. The maximum atomic E-state index is 12.5. The third-order valence-corrected chi connectivity index (χ3v) is 3.71. The topological polar surface area (TPSA) is 25.8 Å². The highest BCUT2D eigenvalue weighted by atomic mass is 32.2. The van der Waals surface area contributed by atoms with Crippen molar-refractivity contribution in [3.63, 3.8) is 0 Å². The van der Waals surface area contributed by atoms with Crippen LogP contribution in [0.1, 0.15) is 5.56 Å². The van der Waals surface area contributed by atoms with Crippen molar-refractivity contribution >= 4 is 23.3 Å². The molecule has 2 aromatic rings. The van der Waals surface area contributed by atoms with Gasteiger partial charge in [0.15, 0.2) is 10.2 Å². The molecule has 0 saturated heterocycles. The SMILES string of the molecule is CSc1nc(-c2cccc(C(F)(F)F)c2)ns1. The second kappa shape index (κ2) is 4.66. The van der Waals surface area contributed by atoms with Gasteiger partial charge in [0, 0.05) is 5.56 Å². The second-order valence-corrected chi connectivity index (χ2v) is 4.97. The number of halogens is 3. The van der Waals surface area contributed by atoms with E-state index in [2.05, 4.69) is 9.36 Å². The molecule has 0 bridgehead atoms. The van der Waals surface area contributed by atoms with Crippen molar-refractivity contribution in [3.8, 4) is 11.4 Å². The molecule has 0 aliphatic heterocycles. The monoisotopic (exact) mass is 276 g/mol. The maximum absolute atomic E-state index is 12.5. The van der Waals surface area contributed by atoms with E-state index in [4.69, 9.17) is 0 Å². The Morgan fingerprint density at radius 1 is 1.29 bits per heavy atom. The largest absolute Gasteiger partial charge is 0.416 e. The molecule has 1 heterocycles. The van der Waals surface area contributed by atoms with Crippen LogP contribution in [-0.2, 0) is 6.18 Å². The molecule has 2 nitrogen and oxygen atoms in total. The first-order valence-electron chi connectivity index (χ1n) is 4.56. The number of nitrogens with zero attached hydrogens (tertiary/aromatic N) is 2. The van der Waals surface area contributed by atoms with E-state index >= 15 is 0 Å². The van der Waals surface area contributed by atoms with Crippen LogP contribution in [-0.4, -0.2) is 15.6 Å². The smallest absolute Gasteiger partial charge is 0.208 e. The van der Waals surface area contributed by atoms with E-state index in [1.807, 2.05) is 6.26 Å². The van der Waals surface area contributed by atoms with Gasteiger partial charge in [0.2, 0.25) is 0 Å². The van der Waals surface area contributed by atoms with Crippen LogP contribution in [0.2, 0.25) is 0 Å². The van der Waals surface area contributed by atoms with Crippen LogP contribution in [0.3, 0.4) is 0 Å². The molecule has 17 heavy (non-hydrogen) atoms. The fraction of sp³-hybridized carbons (Fsp3) is 0.200. The minimum absolute atomic E-state index is 0.338. The van der Waals surface area contributed by atoms with Crippen molar-refractivity contribution in [2.24, 2.45) is 0 Å². The lowest BCUT2D eigenvalue weighted by Gasteiger charge is -2.06. The van der Waals surface area contributed by atoms with Crippen molar-refractivity contribution in [1.82, 2.24) is 9.36 Å². The van der Waals surface area contributed by atoms with E-state index in [-0.39, 0.29) is 0 Å². The van der Waals surface area contributed by atoms with E-state index in [9.17, 15) is 13.2 Å². The summed E-state index contributed by atoms with van der Waals surface area (Å²) in [5, 5.41) is 0. The Morgan fingerprint density at radius 2 is 2.06 bits per heavy atom. The van der Waals surface area contributed by atoms with Crippen molar-refractivity contribution in [1.29, 1.82) is 0 Å². The summed E-state index contributed by atoms with van der Waals surface area (Å²) in [7, 11) is 0. The molecule has 0 aliphatic carbocycles. The Morgan fingerprint density at radius 3 is 2.65 bits per heavy atom. The lowest BCUT2D eigenvalue weighted by Crippen LogP contribution is -2.04. The molecule has 0 atom stereocenters. The van der Waals surface area contributed by atoms with Crippen molar-refractivity contribution in [2.45, 2.75) is 10.5 Å². The van der Waals surface area contributed by atoms with E-state index in [0.717, 1.165) is 16.5 Å². The number of hydrogen-bond donors (Lipinski definition) is 0. The molecule has 1 aromatic carbocycles. The van der Waals surface area contributed by atoms with Gasteiger partial charge in [-0.15, -0.1) is 0 Å². The fourth-order valence-electron chi connectivity index (χ4n) is 1.24. The molecule has 0 fully saturated rings. The summed E-state index contributed by atoms with van der Waals surface area (Å²) in [5.74, 6) is 0.338. The van der Waals surface area contributed by atoms with E-state index in [0.29, 0.717) is 11.4 Å². The van der Waals surface area contributed by atoms with Gasteiger partial charge >= 0.3 is 6.18 Å². The average Bonchev–Trinajstić information content (AvgIpc) is 2.76. The van der Waals surface area contributed by atoms with Gasteiger partial charge in [0.05, 0.1) is 5.56 Å². The summed E-state index contributed by atoms with van der Waals surface area (Å²) in [6, 6.07) is 5.02. The third-order valence-electron chi connectivity index (χ3n) is 2.03. The van der Waals surface area contributed by atoms with Crippen LogP contribution in [0.5, 0.6) is 0 Å². The Labute approximate surface area is 104 Å². The quantitative estimate of drug-likeness (QED) is 0.777. The van der Waals surface area contributed by atoms with Gasteiger partial charge in [-0.1, -0.05) is 23.9 Å². The minimum atomic E-state index is -4.34. The normalized spacial score (nSPS) is 11.8. The van der Waals surface area contributed by atoms with Crippen LogP contribution in [0.25, 0.3) is 11.4 Å². The van der Waals surface area contributed by atoms with Crippen molar-refractivity contribution in [2.75, 3.05) is 6.26 Å². The van der Waals surface area contributed by atoms with Crippen molar-refractivity contribution < 1.29 is 13.2 Å². The number of benzene rings is 1. The molecule has 0 spiro atoms. The standard InChI is InChI=1S/C10H7F3N2S2/c1-16-9-14-8(15-17-9)6-3-2-4-7(5-6)10(11,12)13/h2-5H,1H3. The zero-order valence-corrected chi connectivity index (χ0v) is 10.3. The van der Waals surface area contributed by atoms with Crippen LogP contribution >= 0.6 is 23.3 Å². The first-order chi connectivity index (χ1) is 8.00. The molecule has 0 aliphatic rings. The molecule has 90 valence electrons. The molecule has 7 heteroatoms. The lowest BCUT2D eigenvalue weighted by atomic mass is 10.1. The molecular weight excluding hydrogens is 269 g/mol. The van der Waals surface area contributed by atoms with Gasteiger partial charge in [0.25, 0.3) is 0 Å². The predicted octanol–water partition coefficient (Wildman–Crippen LogP) is 3.95. The third kappa shape index (κ3) is 2.78. The van der Waals surface area contributed by atoms with Gasteiger partial charge in [0.1, 0.15) is 0 Å². The zero-order valence-electron chi connectivity index (χ0n) is 8.65. The highest BCUT2D eigenvalue weighted by molar-refractivity contribution is 8.00. The minimum Gasteiger partial charge on any atom is -0.208 e. The number of aromatic nitrogens is 2. The maximum Gasteiger partial charge on any atom is 0.416 e. The number of thioether (sulfide) groups is 1. The van der Waals surface area contributed by atoms with E-state index < -0.39 is 11.7 Å². The summed E-state index contributed by atoms with van der Waals surface area (Å²) >= 11 is 2.60. The van der Waals surface area contributed by atoms with Gasteiger partial charge < -0.3 is 0 Å². The van der Waals surface area contributed by atoms with Crippen LogP contribution in [0, 0.1) is 0 Å². The van der Waals surface area contributed by atoms with Crippen LogP contribution < -0.4 is 0 Å². The average molecular weight is 276 g/mol. The molecule has 0 unspecified atom stereocenters. The molecule has 0 amide bonds. The van der Waals surface area contributed by atoms with Gasteiger partial charge in [-0.2, -0.15) is 17.5 Å². The van der Waals surface area contributed by atoms with Crippen LogP contribution in [0.4, 0.5) is 13.2 Å². The van der Waals surface area contributed by atoms with Crippen molar-refractivity contribution in [3.05, 3.63) is 29.8 Å². The Kier molecular flexibility index (Phi) is 3.39. The number of rotatable bonds is 2. The zero-order chi connectivity index (χ0) is 12.5.